The SMILES string of the molecule is COc1cccc(C=C2Oc3cc(OCC(=O)N[C@H](C)C(=O)[O-])ccc3C2=O)c1. The van der Waals surface area contributed by atoms with Gasteiger partial charge in [0, 0.05) is 6.07 Å². The third-order valence-electron chi connectivity index (χ3n) is 4.13. The van der Waals surface area contributed by atoms with Crippen LogP contribution >= 0.6 is 0 Å². The molecule has 1 aliphatic heterocycles. The number of Topliss-reactive ketones (excluding diaryl/α,β-unsaturated/α-hetero) is 1. The van der Waals surface area contributed by atoms with Crippen LogP contribution in [0.1, 0.15) is 22.8 Å². The van der Waals surface area contributed by atoms with Crippen LogP contribution in [-0.2, 0) is 9.59 Å². The highest BCUT2D eigenvalue weighted by atomic mass is 16.5. The Morgan fingerprint density at radius 1 is 1.21 bits per heavy atom. The zero-order valence-electron chi connectivity index (χ0n) is 15.8. The third-order valence-corrected chi connectivity index (χ3v) is 4.13. The second-order valence-corrected chi connectivity index (χ2v) is 6.27. The van der Waals surface area contributed by atoms with Crippen molar-refractivity contribution in [3.8, 4) is 17.2 Å². The summed E-state index contributed by atoms with van der Waals surface area (Å²) in [5.41, 5.74) is 1.12. The summed E-state index contributed by atoms with van der Waals surface area (Å²) in [6.07, 6.45) is 1.61. The molecule has 0 unspecified atom stereocenters. The number of benzene rings is 2. The summed E-state index contributed by atoms with van der Waals surface area (Å²) in [7, 11) is 1.56. The number of rotatable bonds is 7. The van der Waals surface area contributed by atoms with E-state index in [1.807, 2.05) is 6.07 Å². The summed E-state index contributed by atoms with van der Waals surface area (Å²) in [5, 5.41) is 12.9. The molecule has 0 fully saturated rings. The van der Waals surface area contributed by atoms with Gasteiger partial charge in [-0.3, -0.25) is 9.59 Å². The normalized spacial score (nSPS) is 14.7. The quantitative estimate of drug-likeness (QED) is 0.693. The molecule has 29 heavy (non-hydrogen) atoms. The van der Waals surface area contributed by atoms with Crippen LogP contribution in [0.5, 0.6) is 17.2 Å². The van der Waals surface area contributed by atoms with Crippen molar-refractivity contribution in [2.75, 3.05) is 13.7 Å². The number of hydrogen-bond donors (Lipinski definition) is 1. The van der Waals surface area contributed by atoms with E-state index in [4.69, 9.17) is 14.2 Å². The maximum Gasteiger partial charge on any atom is 0.258 e. The lowest BCUT2D eigenvalue weighted by Crippen LogP contribution is -2.47. The number of ketones is 1. The van der Waals surface area contributed by atoms with Crippen molar-refractivity contribution < 1.29 is 33.7 Å². The van der Waals surface area contributed by atoms with Crippen molar-refractivity contribution in [1.29, 1.82) is 0 Å². The highest BCUT2D eigenvalue weighted by Crippen LogP contribution is 2.35. The van der Waals surface area contributed by atoms with Gasteiger partial charge in [0.15, 0.2) is 12.4 Å². The number of carbonyl (C=O) groups excluding carboxylic acids is 3. The summed E-state index contributed by atoms with van der Waals surface area (Å²) < 4.78 is 16.2. The van der Waals surface area contributed by atoms with Gasteiger partial charge < -0.3 is 29.4 Å². The fraction of sp³-hybridized carbons (Fsp3) is 0.190. The van der Waals surface area contributed by atoms with E-state index in [9.17, 15) is 19.5 Å². The topological polar surface area (TPSA) is 114 Å². The molecule has 1 amide bonds. The first-order valence-corrected chi connectivity index (χ1v) is 8.72. The average molecular weight is 396 g/mol. The van der Waals surface area contributed by atoms with E-state index in [-0.39, 0.29) is 11.5 Å². The van der Waals surface area contributed by atoms with Gasteiger partial charge in [0.25, 0.3) is 5.91 Å². The predicted octanol–water partition coefficient (Wildman–Crippen LogP) is 0.945. The number of allylic oxidation sites excluding steroid dienone is 1. The van der Waals surface area contributed by atoms with Gasteiger partial charge in [-0.15, -0.1) is 0 Å². The minimum Gasteiger partial charge on any atom is -0.548 e. The first-order chi connectivity index (χ1) is 13.9. The Balaban J connectivity index is 1.68. The van der Waals surface area contributed by atoms with Crippen molar-refractivity contribution in [2.45, 2.75) is 13.0 Å². The van der Waals surface area contributed by atoms with Crippen LogP contribution in [0.15, 0.2) is 48.2 Å². The number of nitrogens with one attached hydrogen (secondary N) is 1. The number of amides is 1. The van der Waals surface area contributed by atoms with Crippen molar-refractivity contribution in [3.63, 3.8) is 0 Å². The maximum absolute atomic E-state index is 12.5. The summed E-state index contributed by atoms with van der Waals surface area (Å²) in [6, 6.07) is 10.6. The molecule has 0 radical (unpaired) electrons. The lowest BCUT2D eigenvalue weighted by Gasteiger charge is -2.14. The lowest BCUT2D eigenvalue weighted by atomic mass is 10.1. The van der Waals surface area contributed by atoms with Gasteiger partial charge >= 0.3 is 0 Å². The molecule has 0 aliphatic carbocycles. The minimum atomic E-state index is -1.39. The van der Waals surface area contributed by atoms with Crippen molar-refractivity contribution >= 4 is 23.7 Å². The lowest BCUT2D eigenvalue weighted by molar-refractivity contribution is -0.307. The van der Waals surface area contributed by atoms with Gasteiger partial charge in [-0.25, -0.2) is 0 Å². The van der Waals surface area contributed by atoms with Crippen LogP contribution < -0.4 is 24.6 Å². The van der Waals surface area contributed by atoms with Gasteiger partial charge in [-0.2, -0.15) is 0 Å². The fourth-order valence-electron chi connectivity index (χ4n) is 2.63. The molecule has 2 aromatic rings. The number of carbonyl (C=O) groups is 3. The molecule has 1 atom stereocenters. The third kappa shape index (κ3) is 4.73. The van der Waals surface area contributed by atoms with Gasteiger partial charge in [-0.1, -0.05) is 12.1 Å². The van der Waals surface area contributed by atoms with Crippen LogP contribution in [0.25, 0.3) is 6.08 Å². The summed E-state index contributed by atoms with van der Waals surface area (Å²) in [6.45, 7) is 0.898. The van der Waals surface area contributed by atoms with E-state index in [1.165, 1.54) is 19.1 Å². The highest BCUT2D eigenvalue weighted by molar-refractivity contribution is 6.14. The number of ether oxygens (including phenoxy) is 3. The van der Waals surface area contributed by atoms with Crippen LogP contribution in [0.2, 0.25) is 0 Å². The Hall–Kier alpha value is -3.81. The molecule has 150 valence electrons. The first-order valence-electron chi connectivity index (χ1n) is 8.72. The first kappa shape index (κ1) is 19.9. The van der Waals surface area contributed by atoms with E-state index in [0.717, 1.165) is 5.56 Å². The smallest absolute Gasteiger partial charge is 0.258 e. The minimum absolute atomic E-state index is 0.158. The van der Waals surface area contributed by atoms with E-state index in [2.05, 4.69) is 5.32 Å². The molecule has 8 heteroatoms. The number of methoxy groups -OCH3 is 1. The zero-order chi connectivity index (χ0) is 21.0. The number of fused-ring (bicyclic) bond motifs is 1. The number of hydrogen-bond acceptors (Lipinski definition) is 7. The van der Waals surface area contributed by atoms with E-state index < -0.39 is 24.5 Å². The maximum atomic E-state index is 12.5. The zero-order valence-corrected chi connectivity index (χ0v) is 15.8. The standard InChI is InChI=1S/C21H19NO7/c1-12(21(25)26)22-19(23)11-28-15-6-7-16-17(10-15)29-18(20(16)24)9-13-4-3-5-14(8-13)27-2/h3-10,12H,11H2,1-2H3,(H,22,23)(H,25,26)/p-1/t12-/m1/s1. The second-order valence-electron chi connectivity index (χ2n) is 6.27. The van der Waals surface area contributed by atoms with E-state index >= 15 is 0 Å². The van der Waals surface area contributed by atoms with Crippen LogP contribution in [-0.4, -0.2) is 37.4 Å². The Morgan fingerprint density at radius 2 is 2.00 bits per heavy atom. The molecule has 1 heterocycles. The second kappa shape index (κ2) is 8.47. The molecule has 0 aromatic heterocycles. The summed E-state index contributed by atoms with van der Waals surface area (Å²) in [4.78, 5) is 34.9. The number of carboxylic acids is 1. The van der Waals surface area contributed by atoms with Gasteiger partial charge in [0.2, 0.25) is 5.78 Å². The highest BCUT2D eigenvalue weighted by Gasteiger charge is 2.27. The molecule has 0 bridgehead atoms. The molecule has 1 N–H and O–H groups in total. The van der Waals surface area contributed by atoms with Gasteiger partial charge in [-0.05, 0) is 42.8 Å². The number of aliphatic carboxylic acids is 1. The molecule has 0 spiro atoms. The van der Waals surface area contributed by atoms with Gasteiger partial charge in [0.05, 0.1) is 24.7 Å². The van der Waals surface area contributed by atoms with Crippen molar-refractivity contribution in [1.82, 2.24) is 5.32 Å². The molecular formula is C21H18NO7-. The predicted molar refractivity (Wildman–Crippen MR) is 100 cm³/mol. The van der Waals surface area contributed by atoms with Gasteiger partial charge in [0.1, 0.15) is 17.2 Å². The van der Waals surface area contributed by atoms with Crippen molar-refractivity contribution in [2.24, 2.45) is 0 Å². The molecule has 8 nitrogen and oxygen atoms in total. The molecular weight excluding hydrogens is 378 g/mol. The van der Waals surface area contributed by atoms with Crippen molar-refractivity contribution in [3.05, 3.63) is 59.4 Å². The molecule has 3 rings (SSSR count). The van der Waals surface area contributed by atoms with Crippen LogP contribution in [0.4, 0.5) is 0 Å². The largest absolute Gasteiger partial charge is 0.548 e. The monoisotopic (exact) mass is 396 g/mol. The Kier molecular flexibility index (Phi) is 5.82. The molecule has 1 aliphatic rings. The van der Waals surface area contributed by atoms with Crippen LogP contribution in [0.3, 0.4) is 0 Å². The summed E-state index contributed by atoms with van der Waals surface area (Å²) >= 11 is 0. The average Bonchev–Trinajstić information content (AvgIpc) is 3.01. The Bertz CT molecular complexity index is 996. The Labute approximate surface area is 166 Å². The van der Waals surface area contributed by atoms with E-state index in [0.29, 0.717) is 22.8 Å². The fourth-order valence-corrected chi connectivity index (χ4v) is 2.63. The number of carboxylic acid groups (broad SMARTS) is 1. The molecule has 2 aromatic carbocycles. The van der Waals surface area contributed by atoms with Crippen LogP contribution in [0, 0.1) is 0 Å². The molecule has 0 saturated heterocycles. The summed E-state index contributed by atoms with van der Waals surface area (Å²) in [5.74, 6) is -0.846. The van der Waals surface area contributed by atoms with E-state index in [1.54, 1.807) is 37.5 Å². The molecule has 0 saturated carbocycles. The Morgan fingerprint density at radius 3 is 2.72 bits per heavy atom.